The zero-order chi connectivity index (χ0) is 17.0. The summed E-state index contributed by atoms with van der Waals surface area (Å²) in [6.45, 7) is 4.18. The second-order valence-corrected chi connectivity index (χ2v) is 7.14. The van der Waals surface area contributed by atoms with E-state index < -0.39 is 10.1 Å². The maximum Gasteiger partial charge on any atom is 0.276 e. The molecular formula is C15H20N2O5S. The molecule has 1 aromatic carbocycles. The largest absolute Gasteiger partial charge is 0.355 e. The summed E-state index contributed by atoms with van der Waals surface area (Å²) in [5, 5.41) is 4.54. The van der Waals surface area contributed by atoms with Gasteiger partial charge >= 0.3 is 0 Å². The molecule has 0 N–H and O–H groups in total. The SMILES string of the molecule is CC(C)N(CCCOS(C)(=O)=O)C(=O)c1noc2ccccc12. The van der Waals surface area contributed by atoms with Crippen LogP contribution in [0.15, 0.2) is 28.8 Å². The topological polar surface area (TPSA) is 89.7 Å². The van der Waals surface area contributed by atoms with Crippen LogP contribution in [0.25, 0.3) is 11.0 Å². The van der Waals surface area contributed by atoms with Gasteiger partial charge in [0.15, 0.2) is 11.3 Å². The van der Waals surface area contributed by atoms with Crippen LogP contribution >= 0.6 is 0 Å². The molecule has 8 heteroatoms. The van der Waals surface area contributed by atoms with Crippen LogP contribution in [0.5, 0.6) is 0 Å². The van der Waals surface area contributed by atoms with Gasteiger partial charge in [-0.2, -0.15) is 8.42 Å². The van der Waals surface area contributed by atoms with E-state index in [4.69, 9.17) is 8.71 Å². The lowest BCUT2D eigenvalue weighted by Crippen LogP contribution is -2.38. The summed E-state index contributed by atoms with van der Waals surface area (Å²) in [7, 11) is -3.47. The van der Waals surface area contributed by atoms with Gasteiger partial charge in [0.05, 0.1) is 18.2 Å². The van der Waals surface area contributed by atoms with E-state index >= 15 is 0 Å². The quantitative estimate of drug-likeness (QED) is 0.566. The maximum absolute atomic E-state index is 12.7. The number of carbonyl (C=O) groups is 1. The normalized spacial score (nSPS) is 12.0. The lowest BCUT2D eigenvalue weighted by atomic mass is 10.2. The molecule has 1 heterocycles. The van der Waals surface area contributed by atoms with E-state index in [0.29, 0.717) is 23.9 Å². The number of nitrogens with zero attached hydrogens (tertiary/aromatic N) is 2. The van der Waals surface area contributed by atoms with Crippen molar-refractivity contribution in [3.63, 3.8) is 0 Å². The number of benzene rings is 1. The molecule has 1 amide bonds. The molecule has 0 aliphatic rings. The fourth-order valence-corrected chi connectivity index (χ4v) is 2.64. The van der Waals surface area contributed by atoms with Gasteiger partial charge in [-0.3, -0.25) is 8.98 Å². The number of para-hydroxylation sites is 1. The lowest BCUT2D eigenvalue weighted by Gasteiger charge is -2.25. The van der Waals surface area contributed by atoms with E-state index in [1.54, 1.807) is 17.0 Å². The van der Waals surface area contributed by atoms with Crippen LogP contribution < -0.4 is 0 Å². The van der Waals surface area contributed by atoms with E-state index in [1.807, 2.05) is 26.0 Å². The first-order valence-electron chi connectivity index (χ1n) is 7.29. The predicted molar refractivity (Wildman–Crippen MR) is 85.6 cm³/mol. The molecule has 0 aliphatic heterocycles. The third-order valence-corrected chi connectivity index (χ3v) is 3.90. The molecule has 126 valence electrons. The molecule has 0 saturated carbocycles. The van der Waals surface area contributed by atoms with Crippen molar-refractivity contribution in [1.29, 1.82) is 0 Å². The van der Waals surface area contributed by atoms with Gasteiger partial charge in [-0.15, -0.1) is 0 Å². The van der Waals surface area contributed by atoms with Crippen molar-refractivity contribution in [3.05, 3.63) is 30.0 Å². The Hall–Kier alpha value is -1.93. The standard InChI is InChI=1S/C15H20N2O5S/c1-11(2)17(9-6-10-21-23(3,19)20)15(18)14-12-7-4-5-8-13(12)22-16-14/h4-5,7-8,11H,6,9-10H2,1-3H3. The minimum atomic E-state index is -3.47. The molecule has 0 spiro atoms. The molecule has 0 fully saturated rings. The summed E-state index contributed by atoms with van der Waals surface area (Å²) >= 11 is 0. The molecular weight excluding hydrogens is 320 g/mol. The zero-order valence-corrected chi connectivity index (χ0v) is 14.2. The Labute approximate surface area is 135 Å². The number of fused-ring (bicyclic) bond motifs is 1. The summed E-state index contributed by atoms with van der Waals surface area (Å²) in [5.41, 5.74) is 0.818. The first kappa shape index (κ1) is 17.4. The van der Waals surface area contributed by atoms with Crippen molar-refractivity contribution in [2.75, 3.05) is 19.4 Å². The van der Waals surface area contributed by atoms with Crippen molar-refractivity contribution < 1.29 is 21.9 Å². The minimum Gasteiger partial charge on any atom is -0.355 e. The zero-order valence-electron chi connectivity index (χ0n) is 13.4. The van der Waals surface area contributed by atoms with Crippen molar-refractivity contribution >= 4 is 27.0 Å². The van der Waals surface area contributed by atoms with Gasteiger partial charge in [0.25, 0.3) is 16.0 Å². The number of hydrogen-bond acceptors (Lipinski definition) is 6. The highest BCUT2D eigenvalue weighted by atomic mass is 32.2. The second kappa shape index (κ2) is 7.10. The molecule has 0 radical (unpaired) electrons. The first-order valence-corrected chi connectivity index (χ1v) is 9.11. The van der Waals surface area contributed by atoms with E-state index in [2.05, 4.69) is 5.16 Å². The van der Waals surface area contributed by atoms with Gasteiger partial charge in [-0.25, -0.2) is 0 Å². The Kier molecular flexibility index (Phi) is 5.38. The molecule has 2 rings (SSSR count). The van der Waals surface area contributed by atoms with E-state index in [1.165, 1.54) is 0 Å². The fraction of sp³-hybridized carbons (Fsp3) is 0.467. The molecule has 0 aliphatic carbocycles. The predicted octanol–water partition coefficient (Wildman–Crippen LogP) is 2.04. The fourth-order valence-electron chi connectivity index (χ4n) is 2.22. The third kappa shape index (κ3) is 4.52. The van der Waals surface area contributed by atoms with Gasteiger partial charge in [-0.1, -0.05) is 17.3 Å². The Morgan fingerprint density at radius 3 is 2.70 bits per heavy atom. The number of rotatable bonds is 7. The van der Waals surface area contributed by atoms with Crippen molar-refractivity contribution in [2.45, 2.75) is 26.3 Å². The molecule has 0 bridgehead atoms. The summed E-state index contributed by atoms with van der Waals surface area (Å²) < 4.78 is 31.8. The smallest absolute Gasteiger partial charge is 0.276 e. The number of amides is 1. The molecule has 23 heavy (non-hydrogen) atoms. The third-order valence-electron chi connectivity index (χ3n) is 3.31. The van der Waals surface area contributed by atoms with E-state index in [0.717, 1.165) is 6.26 Å². The summed E-state index contributed by atoms with van der Waals surface area (Å²) in [6, 6.07) is 7.10. The molecule has 7 nitrogen and oxygen atoms in total. The Bertz CT molecular complexity index is 782. The van der Waals surface area contributed by atoms with Crippen molar-refractivity contribution in [2.24, 2.45) is 0 Å². The van der Waals surface area contributed by atoms with Crippen molar-refractivity contribution in [3.8, 4) is 0 Å². The van der Waals surface area contributed by atoms with Crippen LogP contribution in [0.1, 0.15) is 30.8 Å². The Balaban J connectivity index is 2.09. The maximum atomic E-state index is 12.7. The van der Waals surface area contributed by atoms with Crippen LogP contribution in [0.2, 0.25) is 0 Å². The lowest BCUT2D eigenvalue weighted by molar-refractivity contribution is 0.0688. The van der Waals surface area contributed by atoms with Crippen LogP contribution in [0, 0.1) is 0 Å². The van der Waals surface area contributed by atoms with Crippen LogP contribution in [0.3, 0.4) is 0 Å². The molecule has 1 aromatic heterocycles. The highest BCUT2D eigenvalue weighted by Gasteiger charge is 2.24. The van der Waals surface area contributed by atoms with Gasteiger partial charge in [0.2, 0.25) is 0 Å². The minimum absolute atomic E-state index is 0.0366. The number of carbonyl (C=O) groups excluding carboxylic acids is 1. The van der Waals surface area contributed by atoms with Gasteiger partial charge in [0.1, 0.15) is 0 Å². The van der Waals surface area contributed by atoms with Crippen molar-refractivity contribution in [1.82, 2.24) is 10.1 Å². The number of aromatic nitrogens is 1. The average Bonchev–Trinajstić information content (AvgIpc) is 2.89. The molecule has 0 unspecified atom stereocenters. The molecule has 2 aromatic rings. The van der Waals surface area contributed by atoms with Crippen LogP contribution in [-0.4, -0.2) is 49.8 Å². The Morgan fingerprint density at radius 1 is 1.35 bits per heavy atom. The Morgan fingerprint density at radius 2 is 2.04 bits per heavy atom. The second-order valence-electron chi connectivity index (χ2n) is 5.50. The summed E-state index contributed by atoms with van der Waals surface area (Å²) in [5.74, 6) is -0.246. The van der Waals surface area contributed by atoms with Crippen LogP contribution in [0.4, 0.5) is 0 Å². The monoisotopic (exact) mass is 340 g/mol. The van der Waals surface area contributed by atoms with Gasteiger partial charge in [0, 0.05) is 12.6 Å². The highest BCUT2D eigenvalue weighted by Crippen LogP contribution is 2.20. The molecule has 0 saturated heterocycles. The summed E-state index contributed by atoms with van der Waals surface area (Å²) in [6.07, 6.45) is 1.41. The van der Waals surface area contributed by atoms with Gasteiger partial charge in [-0.05, 0) is 32.4 Å². The average molecular weight is 340 g/mol. The van der Waals surface area contributed by atoms with Gasteiger partial charge < -0.3 is 9.42 Å². The first-order chi connectivity index (χ1) is 10.8. The number of hydrogen-bond donors (Lipinski definition) is 0. The van der Waals surface area contributed by atoms with E-state index in [9.17, 15) is 13.2 Å². The highest BCUT2D eigenvalue weighted by molar-refractivity contribution is 7.85. The van der Waals surface area contributed by atoms with Crippen LogP contribution in [-0.2, 0) is 14.3 Å². The van der Waals surface area contributed by atoms with E-state index in [-0.39, 0.29) is 24.2 Å². The summed E-state index contributed by atoms with van der Waals surface area (Å²) in [4.78, 5) is 14.3. The molecule has 0 atom stereocenters.